The van der Waals surface area contributed by atoms with Crippen molar-refractivity contribution >= 4 is 17.8 Å². The molecular formula is C42H49FN8O3. The van der Waals surface area contributed by atoms with Crippen LogP contribution in [0.2, 0.25) is 0 Å². The zero-order valence-corrected chi connectivity index (χ0v) is 31.0. The highest BCUT2D eigenvalue weighted by Crippen LogP contribution is 2.31. The van der Waals surface area contributed by atoms with E-state index in [1.165, 1.54) is 72.2 Å². The number of aryl methyl sites for hydroxylation is 1. The van der Waals surface area contributed by atoms with Crippen LogP contribution in [-0.2, 0) is 6.54 Å². The molecule has 12 heteroatoms. The van der Waals surface area contributed by atoms with E-state index in [1.807, 2.05) is 31.2 Å². The number of anilines is 1. The Morgan fingerprint density at radius 3 is 2.35 bits per heavy atom. The molecule has 1 aliphatic carbocycles. The number of aromatic nitrogens is 4. The van der Waals surface area contributed by atoms with E-state index in [1.54, 1.807) is 6.20 Å². The van der Waals surface area contributed by atoms with E-state index in [0.717, 1.165) is 42.5 Å². The standard InChI is InChI=1S/C42H49FN8O3/c1-28-24-45-38(26-44-28)40(52)47-33-12-14-35(15-13-33)51-41(53)37-23-32(43)25-46-39(37)50(42(51)54)36-7-5-6-31(22-36)30-10-8-29(9-11-30)27-48-20-16-34(17-21-48)49-18-3-2-4-19-49/h5-11,22-24,26,33-35,46H,2-4,12-21,25,27H2,1H3,(H,47,52). The third-order valence-electron chi connectivity index (χ3n) is 11.7. The Bertz CT molecular complexity index is 2120. The van der Waals surface area contributed by atoms with Crippen molar-refractivity contribution < 1.29 is 9.18 Å². The van der Waals surface area contributed by atoms with Crippen LogP contribution in [0.15, 0.2) is 76.3 Å². The lowest BCUT2D eigenvalue weighted by molar-refractivity contribution is 0.0896. The van der Waals surface area contributed by atoms with Crippen LogP contribution in [0.5, 0.6) is 0 Å². The Morgan fingerprint density at radius 1 is 0.870 bits per heavy atom. The van der Waals surface area contributed by atoms with Crippen LogP contribution in [0, 0.1) is 6.92 Å². The summed E-state index contributed by atoms with van der Waals surface area (Å²) in [6, 6.07) is 16.6. The van der Waals surface area contributed by atoms with E-state index >= 15 is 0 Å². The summed E-state index contributed by atoms with van der Waals surface area (Å²) in [6.45, 7) is 7.40. The summed E-state index contributed by atoms with van der Waals surface area (Å²) in [5.74, 6) is -0.481. The average Bonchev–Trinajstić information content (AvgIpc) is 3.20. The molecule has 0 atom stereocenters. The lowest BCUT2D eigenvalue weighted by Crippen LogP contribution is -2.47. The molecular weight excluding hydrogens is 684 g/mol. The molecule has 3 fully saturated rings. The zero-order chi connectivity index (χ0) is 37.2. The van der Waals surface area contributed by atoms with Gasteiger partial charge in [0.15, 0.2) is 0 Å². The fraction of sp³-hybridized carbons (Fsp3) is 0.452. The number of benzene rings is 2. The van der Waals surface area contributed by atoms with Crippen LogP contribution in [0.4, 0.5) is 10.2 Å². The molecule has 3 aliphatic heterocycles. The third kappa shape index (κ3) is 7.67. The molecule has 282 valence electrons. The molecule has 2 N–H and O–H groups in total. The van der Waals surface area contributed by atoms with E-state index in [9.17, 15) is 18.8 Å². The number of nitrogens with zero attached hydrogens (tertiary/aromatic N) is 6. The number of piperidine rings is 2. The zero-order valence-electron chi connectivity index (χ0n) is 31.0. The molecule has 2 aromatic carbocycles. The average molecular weight is 733 g/mol. The van der Waals surface area contributed by atoms with E-state index in [2.05, 4.69) is 54.7 Å². The molecule has 0 bridgehead atoms. The number of carbonyl (C=O) groups is 1. The summed E-state index contributed by atoms with van der Waals surface area (Å²) in [5, 5.41) is 6.03. The SMILES string of the molecule is Cc1cnc(C(=O)NC2CCC(n3c(=O)c4c(n(-c5cccc(-c6ccc(CN7CCC(N8CCCCC8)CC7)cc6)c5)c3=O)NCC(F)=C4)CC2)cn1. The molecule has 0 spiro atoms. The lowest BCUT2D eigenvalue weighted by atomic mass is 9.90. The first-order chi connectivity index (χ1) is 26.3. The Morgan fingerprint density at radius 2 is 1.63 bits per heavy atom. The van der Waals surface area contributed by atoms with Gasteiger partial charge in [-0.25, -0.2) is 18.7 Å². The number of rotatable bonds is 8. The highest BCUT2D eigenvalue weighted by atomic mass is 19.1. The number of amides is 1. The molecule has 8 rings (SSSR count). The molecule has 0 unspecified atom stereocenters. The first-order valence-electron chi connectivity index (χ1n) is 19.6. The number of nitrogens with one attached hydrogen (secondary N) is 2. The van der Waals surface area contributed by atoms with Crippen molar-refractivity contribution in [3.63, 3.8) is 0 Å². The third-order valence-corrected chi connectivity index (χ3v) is 11.7. The van der Waals surface area contributed by atoms with Gasteiger partial charge in [-0.15, -0.1) is 0 Å². The number of hydrogen-bond acceptors (Lipinski definition) is 8. The van der Waals surface area contributed by atoms with Gasteiger partial charge in [-0.1, -0.05) is 42.8 Å². The highest BCUT2D eigenvalue weighted by Gasteiger charge is 2.31. The number of carbonyl (C=O) groups excluding carboxylic acids is 1. The fourth-order valence-corrected chi connectivity index (χ4v) is 8.74. The van der Waals surface area contributed by atoms with E-state index in [0.29, 0.717) is 37.2 Å². The van der Waals surface area contributed by atoms with Crippen molar-refractivity contribution in [1.29, 1.82) is 0 Å². The first kappa shape index (κ1) is 36.1. The van der Waals surface area contributed by atoms with Crippen LogP contribution in [0.25, 0.3) is 22.9 Å². The Kier molecular flexibility index (Phi) is 10.6. The van der Waals surface area contributed by atoms with Gasteiger partial charge in [0.1, 0.15) is 17.3 Å². The molecule has 0 radical (unpaired) electrons. The summed E-state index contributed by atoms with van der Waals surface area (Å²) in [4.78, 5) is 54.7. The molecule has 2 aromatic heterocycles. The van der Waals surface area contributed by atoms with Gasteiger partial charge < -0.3 is 15.5 Å². The van der Waals surface area contributed by atoms with Crippen LogP contribution >= 0.6 is 0 Å². The topological polar surface area (TPSA) is 117 Å². The van der Waals surface area contributed by atoms with Crippen molar-refractivity contribution in [1.82, 2.24) is 34.2 Å². The fourth-order valence-electron chi connectivity index (χ4n) is 8.74. The minimum atomic E-state index is -0.515. The van der Waals surface area contributed by atoms with Gasteiger partial charge in [0.25, 0.3) is 11.5 Å². The molecule has 1 saturated carbocycles. The predicted octanol–water partition coefficient (Wildman–Crippen LogP) is 5.86. The molecule has 2 saturated heterocycles. The summed E-state index contributed by atoms with van der Waals surface area (Å²) >= 11 is 0. The first-order valence-corrected chi connectivity index (χ1v) is 19.6. The quantitative estimate of drug-likeness (QED) is 0.231. The van der Waals surface area contributed by atoms with Crippen molar-refractivity contribution in [2.24, 2.45) is 0 Å². The van der Waals surface area contributed by atoms with Crippen LogP contribution in [-0.4, -0.2) is 79.6 Å². The maximum absolute atomic E-state index is 14.7. The van der Waals surface area contributed by atoms with Crippen LogP contribution < -0.4 is 21.9 Å². The van der Waals surface area contributed by atoms with Crippen LogP contribution in [0.1, 0.15) is 91.1 Å². The van der Waals surface area contributed by atoms with E-state index in [-0.39, 0.29) is 29.8 Å². The van der Waals surface area contributed by atoms with Crippen molar-refractivity contribution in [3.05, 3.63) is 110 Å². The van der Waals surface area contributed by atoms with Crippen LogP contribution in [0.3, 0.4) is 0 Å². The summed E-state index contributed by atoms with van der Waals surface area (Å²) in [5.41, 5.74) is 3.94. The number of likely N-dealkylation sites (tertiary alicyclic amines) is 2. The smallest absolute Gasteiger partial charge is 0.337 e. The van der Waals surface area contributed by atoms with Gasteiger partial charge in [-0.05, 0) is 119 Å². The number of hydrogen-bond donors (Lipinski definition) is 2. The van der Waals surface area contributed by atoms with Gasteiger partial charge in [0, 0.05) is 30.9 Å². The second kappa shape index (κ2) is 15.8. The maximum atomic E-state index is 14.7. The lowest BCUT2D eigenvalue weighted by Gasteiger charge is -2.40. The van der Waals surface area contributed by atoms with Crippen molar-refractivity contribution in [2.45, 2.75) is 89.4 Å². The second-order valence-electron chi connectivity index (χ2n) is 15.4. The largest absolute Gasteiger partial charge is 0.364 e. The van der Waals surface area contributed by atoms with Gasteiger partial charge in [-0.2, -0.15) is 0 Å². The van der Waals surface area contributed by atoms with Gasteiger partial charge in [-0.3, -0.25) is 24.0 Å². The van der Waals surface area contributed by atoms with Crippen molar-refractivity contribution in [3.8, 4) is 16.8 Å². The minimum absolute atomic E-state index is 0.108. The highest BCUT2D eigenvalue weighted by molar-refractivity contribution is 5.92. The van der Waals surface area contributed by atoms with Gasteiger partial charge >= 0.3 is 5.69 Å². The second-order valence-corrected chi connectivity index (χ2v) is 15.4. The Balaban J connectivity index is 0.992. The molecule has 54 heavy (non-hydrogen) atoms. The minimum Gasteiger partial charge on any atom is -0.364 e. The summed E-state index contributed by atoms with van der Waals surface area (Å²) in [6.07, 6.45) is 12.9. The number of fused-ring (bicyclic) bond motifs is 1. The van der Waals surface area contributed by atoms with Crippen molar-refractivity contribution in [2.75, 3.05) is 38.0 Å². The normalized spacial score (nSPS) is 21.2. The molecule has 1 amide bonds. The molecule has 4 aliphatic rings. The summed E-state index contributed by atoms with van der Waals surface area (Å²) in [7, 11) is 0. The number of halogens is 1. The molecule has 4 aromatic rings. The Labute approximate surface area is 314 Å². The predicted molar refractivity (Wildman–Crippen MR) is 209 cm³/mol. The molecule has 5 heterocycles. The molecule has 11 nitrogen and oxygen atoms in total. The van der Waals surface area contributed by atoms with E-state index in [4.69, 9.17) is 0 Å². The van der Waals surface area contributed by atoms with Gasteiger partial charge in [0.05, 0.1) is 29.7 Å². The summed E-state index contributed by atoms with van der Waals surface area (Å²) < 4.78 is 17.5. The van der Waals surface area contributed by atoms with E-state index < -0.39 is 23.1 Å². The van der Waals surface area contributed by atoms with Gasteiger partial charge in [0.2, 0.25) is 0 Å². The Hall–Kier alpha value is -4.94. The maximum Gasteiger partial charge on any atom is 0.337 e. The monoisotopic (exact) mass is 732 g/mol.